The van der Waals surface area contributed by atoms with E-state index in [0.717, 1.165) is 5.56 Å². The number of H-pyrrole nitrogens is 1. The number of hydrogen-bond acceptors (Lipinski definition) is 5. The Labute approximate surface area is 183 Å². The van der Waals surface area contributed by atoms with Gasteiger partial charge in [0.2, 0.25) is 0 Å². The highest BCUT2D eigenvalue weighted by molar-refractivity contribution is 6.39. The molecule has 1 aromatic heterocycles. The lowest BCUT2D eigenvalue weighted by molar-refractivity contribution is -0.149. The number of aliphatic hydroxyl groups is 1. The topological polar surface area (TPSA) is 88.6 Å². The van der Waals surface area contributed by atoms with Crippen LogP contribution in [0.15, 0.2) is 42.5 Å². The van der Waals surface area contributed by atoms with Crippen molar-refractivity contribution >= 4 is 46.0 Å². The van der Waals surface area contributed by atoms with Gasteiger partial charge in [-0.25, -0.2) is 4.79 Å². The van der Waals surface area contributed by atoms with Crippen LogP contribution in [0, 0.1) is 5.92 Å². The zero-order valence-electron chi connectivity index (χ0n) is 16.4. The van der Waals surface area contributed by atoms with Crippen LogP contribution in [0.1, 0.15) is 34.6 Å². The molecule has 0 aliphatic carbocycles. The summed E-state index contributed by atoms with van der Waals surface area (Å²) in [6, 6.07) is 12.3. The van der Waals surface area contributed by atoms with Crippen molar-refractivity contribution in [3.63, 3.8) is 0 Å². The van der Waals surface area contributed by atoms with Gasteiger partial charge >= 0.3 is 11.9 Å². The van der Waals surface area contributed by atoms with Crippen LogP contribution in [0.3, 0.4) is 0 Å². The number of benzene rings is 2. The number of nitrogens with one attached hydrogen (secondary N) is 1. The first-order chi connectivity index (χ1) is 14.4. The Morgan fingerprint density at radius 3 is 2.50 bits per heavy atom. The Morgan fingerprint density at radius 2 is 1.87 bits per heavy atom. The number of aromatic nitrogens is 1. The number of aliphatic hydroxyl groups excluding tert-OH is 1. The van der Waals surface area contributed by atoms with Crippen molar-refractivity contribution < 1.29 is 24.2 Å². The molecule has 0 saturated heterocycles. The number of carbonyl (C=O) groups excluding carboxylic acids is 2. The minimum absolute atomic E-state index is 0.0190. The quantitative estimate of drug-likeness (QED) is 0.509. The second kappa shape index (κ2) is 9.51. The summed E-state index contributed by atoms with van der Waals surface area (Å²) in [5.74, 6) is -2.25. The minimum Gasteiger partial charge on any atom is -0.469 e. The number of aromatic amines is 1. The fourth-order valence-corrected chi connectivity index (χ4v) is 4.07. The van der Waals surface area contributed by atoms with Crippen LogP contribution in [0.4, 0.5) is 0 Å². The average Bonchev–Trinajstić information content (AvgIpc) is 3.11. The van der Waals surface area contributed by atoms with Crippen LogP contribution in [0.25, 0.3) is 10.9 Å². The maximum Gasteiger partial charge on any atom is 0.355 e. The lowest BCUT2D eigenvalue weighted by Gasteiger charge is -2.22. The van der Waals surface area contributed by atoms with Crippen molar-refractivity contribution in [1.29, 1.82) is 0 Å². The smallest absolute Gasteiger partial charge is 0.355 e. The Kier molecular flexibility index (Phi) is 7.02. The molecule has 6 nitrogen and oxygen atoms in total. The Morgan fingerprint density at radius 1 is 1.17 bits per heavy atom. The molecule has 0 spiro atoms. The highest BCUT2D eigenvalue weighted by atomic mass is 35.5. The highest BCUT2D eigenvalue weighted by Gasteiger charge is 2.35. The molecule has 2 N–H and O–H groups in total. The second-order valence-corrected chi connectivity index (χ2v) is 7.55. The zero-order chi connectivity index (χ0) is 21.8. The van der Waals surface area contributed by atoms with Gasteiger partial charge in [-0.1, -0.05) is 53.5 Å². The first-order valence-electron chi connectivity index (χ1n) is 9.34. The van der Waals surface area contributed by atoms with Gasteiger partial charge < -0.3 is 19.6 Å². The molecule has 0 radical (unpaired) electrons. The third-order valence-corrected chi connectivity index (χ3v) is 5.33. The number of hydrogen-bond donors (Lipinski definition) is 2. The number of fused-ring (bicyclic) bond motifs is 1. The predicted molar refractivity (Wildman–Crippen MR) is 115 cm³/mol. The maximum absolute atomic E-state index is 12.6. The van der Waals surface area contributed by atoms with E-state index < -0.39 is 24.0 Å². The molecule has 3 rings (SSSR count). The minimum atomic E-state index is -1.38. The predicted octanol–water partition coefficient (Wildman–Crippen LogP) is 4.72. The van der Waals surface area contributed by atoms with E-state index in [2.05, 4.69) is 4.98 Å². The van der Waals surface area contributed by atoms with Gasteiger partial charge in [-0.2, -0.15) is 0 Å². The van der Waals surface area contributed by atoms with Crippen LogP contribution in [-0.4, -0.2) is 35.7 Å². The Bertz CT molecular complexity index is 1060. The van der Waals surface area contributed by atoms with Crippen molar-refractivity contribution in [3.8, 4) is 0 Å². The number of esters is 2. The molecular formula is C22H21Cl2NO5. The van der Waals surface area contributed by atoms with Crippen molar-refractivity contribution in [3.05, 3.63) is 69.3 Å². The summed E-state index contributed by atoms with van der Waals surface area (Å²) in [5.41, 5.74) is 1.48. The number of carbonyl (C=O) groups is 2. The monoisotopic (exact) mass is 449 g/mol. The summed E-state index contributed by atoms with van der Waals surface area (Å²) in [4.78, 5) is 28.1. The van der Waals surface area contributed by atoms with E-state index in [1.807, 2.05) is 30.3 Å². The fourth-order valence-electron chi connectivity index (χ4n) is 3.48. The molecule has 1 heterocycles. The van der Waals surface area contributed by atoms with Crippen LogP contribution >= 0.6 is 23.2 Å². The number of rotatable bonds is 7. The fraction of sp³-hybridized carbons (Fsp3) is 0.273. The summed E-state index contributed by atoms with van der Waals surface area (Å²) >= 11 is 12.5. The van der Waals surface area contributed by atoms with E-state index in [1.165, 1.54) is 13.2 Å². The number of ether oxygens (including phenoxy) is 2. The third kappa shape index (κ3) is 4.46. The van der Waals surface area contributed by atoms with Crippen molar-refractivity contribution in [2.75, 3.05) is 13.7 Å². The highest BCUT2D eigenvalue weighted by Crippen LogP contribution is 2.39. The standard InChI is InChI=1S/C22H21Cl2NO5/c1-3-30-22(28)19-18(17-15(24)10-13(23)11-16(17)25-19)20(26)14(21(27)29-2)9-12-7-5-4-6-8-12/h4-8,10-11,14,20,25-26H,3,9H2,1-2H3. The molecule has 2 unspecified atom stereocenters. The zero-order valence-corrected chi connectivity index (χ0v) is 18.0. The molecule has 0 amide bonds. The van der Waals surface area contributed by atoms with E-state index in [1.54, 1.807) is 13.0 Å². The SMILES string of the molecule is CCOC(=O)c1[nH]c2cc(Cl)cc(Cl)c2c1C(O)C(Cc1ccccc1)C(=O)OC. The van der Waals surface area contributed by atoms with Crippen molar-refractivity contribution in [1.82, 2.24) is 4.98 Å². The lowest BCUT2D eigenvalue weighted by atomic mass is 9.88. The van der Waals surface area contributed by atoms with Crippen molar-refractivity contribution in [2.45, 2.75) is 19.4 Å². The molecule has 2 atom stereocenters. The Balaban J connectivity index is 2.16. The molecule has 8 heteroatoms. The molecule has 0 fully saturated rings. The average molecular weight is 450 g/mol. The summed E-state index contributed by atoms with van der Waals surface area (Å²) in [6.07, 6.45) is -1.18. The molecule has 158 valence electrons. The van der Waals surface area contributed by atoms with Gasteiger partial charge in [-0.3, -0.25) is 4.79 Å². The van der Waals surface area contributed by atoms with E-state index in [0.29, 0.717) is 15.9 Å². The molecule has 30 heavy (non-hydrogen) atoms. The van der Waals surface area contributed by atoms with E-state index in [-0.39, 0.29) is 29.3 Å². The summed E-state index contributed by atoms with van der Waals surface area (Å²) < 4.78 is 10.1. The van der Waals surface area contributed by atoms with Gasteiger partial charge in [0.15, 0.2) is 0 Å². The normalized spacial score (nSPS) is 13.1. The van der Waals surface area contributed by atoms with Crippen LogP contribution < -0.4 is 0 Å². The lowest BCUT2D eigenvalue weighted by Crippen LogP contribution is -2.27. The summed E-state index contributed by atoms with van der Waals surface area (Å²) in [5, 5.41) is 12.3. The molecule has 0 aliphatic heterocycles. The summed E-state index contributed by atoms with van der Waals surface area (Å²) in [6.45, 7) is 1.82. The first-order valence-corrected chi connectivity index (χ1v) is 10.1. The maximum atomic E-state index is 12.6. The molecular weight excluding hydrogens is 429 g/mol. The van der Waals surface area contributed by atoms with Crippen LogP contribution in [-0.2, 0) is 20.7 Å². The second-order valence-electron chi connectivity index (χ2n) is 6.71. The van der Waals surface area contributed by atoms with Gasteiger partial charge in [0, 0.05) is 21.5 Å². The largest absolute Gasteiger partial charge is 0.469 e. The van der Waals surface area contributed by atoms with Crippen molar-refractivity contribution in [2.24, 2.45) is 5.92 Å². The van der Waals surface area contributed by atoms with Gasteiger partial charge in [0.1, 0.15) is 5.69 Å². The van der Waals surface area contributed by atoms with Gasteiger partial charge in [-0.05, 0) is 31.0 Å². The van der Waals surface area contributed by atoms with Crippen LogP contribution in [0.2, 0.25) is 10.0 Å². The first kappa shape index (κ1) is 22.2. The van der Waals surface area contributed by atoms with Gasteiger partial charge in [0.25, 0.3) is 0 Å². The molecule has 2 aromatic carbocycles. The van der Waals surface area contributed by atoms with Crippen LogP contribution in [0.5, 0.6) is 0 Å². The number of methoxy groups -OCH3 is 1. The third-order valence-electron chi connectivity index (χ3n) is 4.81. The van der Waals surface area contributed by atoms with E-state index >= 15 is 0 Å². The molecule has 0 saturated carbocycles. The van der Waals surface area contributed by atoms with Gasteiger partial charge in [0.05, 0.1) is 30.8 Å². The van der Waals surface area contributed by atoms with E-state index in [4.69, 9.17) is 32.7 Å². The van der Waals surface area contributed by atoms with Gasteiger partial charge in [-0.15, -0.1) is 0 Å². The molecule has 0 aliphatic rings. The summed E-state index contributed by atoms with van der Waals surface area (Å²) in [7, 11) is 1.25. The Hall–Kier alpha value is -2.54. The molecule has 0 bridgehead atoms. The molecule has 3 aromatic rings. The van der Waals surface area contributed by atoms with E-state index in [9.17, 15) is 14.7 Å². The number of halogens is 2.